The molecule has 6 nitrogen and oxygen atoms in total. The molecule has 1 saturated heterocycles. The number of likely N-dealkylation sites (N-methyl/N-ethyl adjacent to an activating group) is 1. The highest BCUT2D eigenvalue weighted by molar-refractivity contribution is 5.96. The van der Waals surface area contributed by atoms with E-state index >= 15 is 0 Å². The second-order valence-electron chi connectivity index (χ2n) is 6.70. The van der Waals surface area contributed by atoms with E-state index in [1.165, 1.54) is 0 Å². The maximum atomic E-state index is 12.5. The van der Waals surface area contributed by atoms with Gasteiger partial charge in [-0.05, 0) is 31.0 Å². The predicted octanol–water partition coefficient (Wildman–Crippen LogP) is 1.89. The number of benzene rings is 1. The van der Waals surface area contributed by atoms with Crippen molar-refractivity contribution in [2.45, 2.75) is 31.8 Å². The molecule has 1 atom stereocenters. The average Bonchev–Trinajstić information content (AvgIpc) is 3.14. The summed E-state index contributed by atoms with van der Waals surface area (Å²) in [5.41, 5.74) is 1.41. The number of carbonyl (C=O) groups is 2. The average molecular weight is 367 g/mol. The van der Waals surface area contributed by atoms with E-state index in [0.29, 0.717) is 17.9 Å². The van der Waals surface area contributed by atoms with Gasteiger partial charge in [-0.15, -0.1) is 0 Å². The topological polar surface area (TPSA) is 61.9 Å². The molecule has 0 aliphatic carbocycles. The highest BCUT2D eigenvalue weighted by Gasteiger charge is 2.27. The number of halogens is 2. The van der Waals surface area contributed by atoms with E-state index < -0.39 is 25.0 Å². The van der Waals surface area contributed by atoms with Gasteiger partial charge in [-0.25, -0.2) is 8.78 Å². The first-order valence-electron chi connectivity index (χ1n) is 8.80. The number of fused-ring (bicyclic) bond motifs is 1. The van der Waals surface area contributed by atoms with Crippen LogP contribution in [-0.4, -0.2) is 62.5 Å². The van der Waals surface area contributed by atoms with Gasteiger partial charge >= 0.3 is 0 Å². The molecule has 0 spiro atoms. The Labute approximate surface area is 151 Å². The fourth-order valence-electron chi connectivity index (χ4n) is 3.35. The summed E-state index contributed by atoms with van der Waals surface area (Å²) in [4.78, 5) is 28.0. The minimum absolute atomic E-state index is 0.00492. The van der Waals surface area contributed by atoms with Gasteiger partial charge in [-0.2, -0.15) is 0 Å². The van der Waals surface area contributed by atoms with E-state index in [2.05, 4.69) is 5.32 Å². The van der Waals surface area contributed by atoms with Gasteiger partial charge in [0.05, 0.1) is 25.2 Å². The van der Waals surface area contributed by atoms with Crippen LogP contribution in [0.4, 0.5) is 14.5 Å². The second-order valence-corrected chi connectivity index (χ2v) is 6.70. The minimum Gasteiger partial charge on any atom is -0.486 e. The molecular weight excluding hydrogens is 344 g/mol. The smallest absolute Gasteiger partial charge is 0.255 e. The lowest BCUT2D eigenvalue weighted by Crippen LogP contribution is -2.41. The van der Waals surface area contributed by atoms with Gasteiger partial charge in [-0.1, -0.05) is 0 Å². The number of rotatable bonds is 5. The molecule has 0 aromatic heterocycles. The lowest BCUT2D eigenvalue weighted by molar-refractivity contribution is -0.123. The summed E-state index contributed by atoms with van der Waals surface area (Å²) in [6.07, 6.45) is -0.916. The van der Waals surface area contributed by atoms with Gasteiger partial charge in [0.1, 0.15) is 11.9 Å². The van der Waals surface area contributed by atoms with Crippen molar-refractivity contribution in [2.24, 2.45) is 0 Å². The molecule has 3 rings (SSSR count). The SMILES string of the molecule is CN1C[C@@H](CC(=O)NCC(F)F)Oc2ccc(C(=O)N3CCCC3)cc21. The molecule has 0 bridgehead atoms. The molecule has 2 aliphatic rings. The van der Waals surface area contributed by atoms with Gasteiger partial charge in [-0.3, -0.25) is 9.59 Å². The maximum absolute atomic E-state index is 12.5. The first-order chi connectivity index (χ1) is 12.4. The summed E-state index contributed by atoms with van der Waals surface area (Å²) >= 11 is 0. The molecule has 1 aromatic carbocycles. The van der Waals surface area contributed by atoms with E-state index in [-0.39, 0.29) is 12.3 Å². The Bertz CT molecular complexity index is 678. The fraction of sp³-hybridized carbons (Fsp3) is 0.556. The van der Waals surface area contributed by atoms with E-state index in [1.54, 1.807) is 12.1 Å². The molecule has 1 fully saturated rings. The first kappa shape index (κ1) is 18.4. The van der Waals surface area contributed by atoms with Gasteiger partial charge < -0.3 is 19.9 Å². The minimum atomic E-state index is -2.57. The van der Waals surface area contributed by atoms with E-state index in [9.17, 15) is 18.4 Å². The van der Waals surface area contributed by atoms with Crippen molar-refractivity contribution < 1.29 is 23.1 Å². The van der Waals surface area contributed by atoms with Crippen LogP contribution in [-0.2, 0) is 4.79 Å². The predicted molar refractivity (Wildman–Crippen MR) is 92.9 cm³/mol. The number of amides is 2. The Morgan fingerprint density at radius 3 is 2.73 bits per heavy atom. The molecule has 142 valence electrons. The Morgan fingerprint density at radius 1 is 1.31 bits per heavy atom. The van der Waals surface area contributed by atoms with Crippen molar-refractivity contribution in [3.05, 3.63) is 23.8 Å². The molecule has 0 radical (unpaired) electrons. The van der Waals surface area contributed by atoms with Crippen LogP contribution in [0.25, 0.3) is 0 Å². The van der Waals surface area contributed by atoms with Gasteiger partial charge in [0.2, 0.25) is 5.91 Å². The molecule has 8 heteroatoms. The fourth-order valence-corrected chi connectivity index (χ4v) is 3.35. The van der Waals surface area contributed by atoms with Crippen LogP contribution in [0.5, 0.6) is 5.75 Å². The highest BCUT2D eigenvalue weighted by Crippen LogP contribution is 2.34. The lowest BCUT2D eigenvalue weighted by atomic mass is 10.1. The number of ether oxygens (including phenoxy) is 1. The molecule has 2 heterocycles. The van der Waals surface area contributed by atoms with Crippen molar-refractivity contribution in [3.8, 4) is 5.75 Å². The molecule has 1 aromatic rings. The van der Waals surface area contributed by atoms with Crippen LogP contribution < -0.4 is 15.0 Å². The van der Waals surface area contributed by atoms with Crippen molar-refractivity contribution in [1.29, 1.82) is 0 Å². The number of carbonyl (C=O) groups excluding carboxylic acids is 2. The summed E-state index contributed by atoms with van der Waals surface area (Å²) in [6, 6.07) is 5.27. The lowest BCUT2D eigenvalue weighted by Gasteiger charge is -2.34. The van der Waals surface area contributed by atoms with E-state index in [0.717, 1.165) is 31.6 Å². The number of likely N-dealkylation sites (tertiary alicyclic amines) is 1. The molecular formula is C18H23F2N3O3. The van der Waals surface area contributed by atoms with Crippen molar-refractivity contribution in [2.75, 3.05) is 38.1 Å². The normalized spacial score (nSPS) is 19.3. The largest absolute Gasteiger partial charge is 0.486 e. The second kappa shape index (κ2) is 7.88. The highest BCUT2D eigenvalue weighted by atomic mass is 19.3. The number of hydrogen-bond donors (Lipinski definition) is 1. The Balaban J connectivity index is 1.65. The maximum Gasteiger partial charge on any atom is 0.255 e. The summed E-state index contributed by atoms with van der Waals surface area (Å²) in [7, 11) is 1.86. The number of hydrogen-bond acceptors (Lipinski definition) is 4. The third-order valence-corrected chi connectivity index (χ3v) is 4.65. The quantitative estimate of drug-likeness (QED) is 0.863. The van der Waals surface area contributed by atoms with Gasteiger partial charge in [0.15, 0.2) is 0 Å². The van der Waals surface area contributed by atoms with Crippen LogP contribution in [0.15, 0.2) is 18.2 Å². The number of nitrogens with one attached hydrogen (secondary N) is 1. The van der Waals surface area contributed by atoms with Crippen LogP contribution in [0.1, 0.15) is 29.6 Å². The summed E-state index contributed by atoms with van der Waals surface area (Å²) in [5, 5.41) is 2.19. The van der Waals surface area contributed by atoms with Gasteiger partial charge in [0.25, 0.3) is 12.3 Å². The molecule has 0 unspecified atom stereocenters. The van der Waals surface area contributed by atoms with Crippen LogP contribution >= 0.6 is 0 Å². The molecule has 2 aliphatic heterocycles. The molecule has 1 N–H and O–H groups in total. The Morgan fingerprint density at radius 2 is 2.04 bits per heavy atom. The zero-order valence-corrected chi connectivity index (χ0v) is 14.7. The number of anilines is 1. The zero-order chi connectivity index (χ0) is 18.7. The molecule has 2 amide bonds. The standard InChI is InChI=1S/C18H23F2N3O3/c1-22-11-13(9-17(24)21-10-16(19)20)26-15-5-4-12(8-14(15)22)18(25)23-6-2-3-7-23/h4-5,8,13,16H,2-3,6-7,9-11H2,1H3,(H,21,24)/t13-/m1/s1. The molecule has 0 saturated carbocycles. The Hall–Kier alpha value is -2.38. The number of nitrogens with zero attached hydrogens (tertiary/aromatic N) is 2. The number of alkyl halides is 2. The van der Waals surface area contributed by atoms with Crippen molar-refractivity contribution in [3.63, 3.8) is 0 Å². The van der Waals surface area contributed by atoms with Crippen molar-refractivity contribution >= 4 is 17.5 Å². The summed E-state index contributed by atoms with van der Waals surface area (Å²) in [6.45, 7) is 1.37. The summed E-state index contributed by atoms with van der Waals surface area (Å²) in [5.74, 6) is 0.142. The summed E-state index contributed by atoms with van der Waals surface area (Å²) < 4.78 is 30.2. The third kappa shape index (κ3) is 4.23. The van der Waals surface area contributed by atoms with Crippen LogP contribution in [0.2, 0.25) is 0 Å². The van der Waals surface area contributed by atoms with E-state index in [4.69, 9.17) is 4.74 Å². The molecule has 26 heavy (non-hydrogen) atoms. The van der Waals surface area contributed by atoms with Crippen LogP contribution in [0, 0.1) is 0 Å². The van der Waals surface area contributed by atoms with Gasteiger partial charge in [0, 0.05) is 25.7 Å². The monoisotopic (exact) mass is 367 g/mol. The third-order valence-electron chi connectivity index (χ3n) is 4.65. The zero-order valence-electron chi connectivity index (χ0n) is 14.7. The van der Waals surface area contributed by atoms with Crippen molar-refractivity contribution in [1.82, 2.24) is 10.2 Å². The first-order valence-corrected chi connectivity index (χ1v) is 8.80. The van der Waals surface area contributed by atoms with Crippen LogP contribution in [0.3, 0.4) is 0 Å². The Kier molecular flexibility index (Phi) is 5.58. The van der Waals surface area contributed by atoms with E-state index in [1.807, 2.05) is 22.9 Å².